The minimum absolute atomic E-state index is 0.0233. The molecule has 1 heterocycles. The number of carbonyl (C=O) groups is 2. The van der Waals surface area contributed by atoms with Crippen LogP contribution in [0.4, 0.5) is 5.69 Å². The molecule has 148 valence electrons. The van der Waals surface area contributed by atoms with Crippen LogP contribution in [0.5, 0.6) is 5.75 Å². The molecule has 1 saturated heterocycles. The van der Waals surface area contributed by atoms with E-state index in [9.17, 15) is 9.59 Å². The van der Waals surface area contributed by atoms with E-state index in [0.717, 1.165) is 36.5 Å². The molecule has 2 aromatic rings. The number of hydrogen-bond donors (Lipinski definition) is 1. The molecule has 2 aromatic carbocycles. The zero-order chi connectivity index (χ0) is 19.8. The largest absolute Gasteiger partial charge is 0.483 e. The first kappa shape index (κ1) is 20.3. The van der Waals surface area contributed by atoms with Crippen molar-refractivity contribution in [2.24, 2.45) is 0 Å². The smallest absolute Gasteiger partial charge is 0.260 e. The van der Waals surface area contributed by atoms with Gasteiger partial charge in [0.15, 0.2) is 6.61 Å². The summed E-state index contributed by atoms with van der Waals surface area (Å²) in [5.74, 6) is 0.144. The standard InChI is InChI=1S/C22H26N2O3S/c1-28-18-10-8-9-17(15-18)23-22(26)19-11-4-5-12-20(19)27-16-21(25)24-13-6-2-3-7-14-24/h4-5,8-12,15H,2-3,6-7,13-14,16H2,1H3,(H,23,26). The molecule has 1 aliphatic rings. The van der Waals surface area contributed by atoms with Gasteiger partial charge in [-0.05, 0) is 49.4 Å². The highest BCUT2D eigenvalue weighted by atomic mass is 32.2. The Balaban J connectivity index is 1.64. The molecule has 5 nitrogen and oxygen atoms in total. The van der Waals surface area contributed by atoms with E-state index in [4.69, 9.17) is 4.74 Å². The number of nitrogens with zero attached hydrogens (tertiary/aromatic N) is 1. The van der Waals surface area contributed by atoms with E-state index in [1.165, 1.54) is 12.8 Å². The molecular weight excluding hydrogens is 372 g/mol. The van der Waals surface area contributed by atoms with Crippen LogP contribution in [0.2, 0.25) is 0 Å². The molecule has 1 aliphatic heterocycles. The van der Waals surface area contributed by atoms with Gasteiger partial charge in [-0.25, -0.2) is 0 Å². The van der Waals surface area contributed by atoms with Crippen LogP contribution in [0, 0.1) is 0 Å². The number of ether oxygens (including phenoxy) is 1. The summed E-state index contributed by atoms with van der Waals surface area (Å²) in [6.07, 6.45) is 6.42. The average molecular weight is 399 g/mol. The number of benzene rings is 2. The molecule has 28 heavy (non-hydrogen) atoms. The highest BCUT2D eigenvalue weighted by Crippen LogP contribution is 2.22. The van der Waals surface area contributed by atoms with E-state index in [2.05, 4.69) is 5.32 Å². The molecule has 1 N–H and O–H groups in total. The number of nitrogens with one attached hydrogen (secondary N) is 1. The van der Waals surface area contributed by atoms with E-state index in [0.29, 0.717) is 11.3 Å². The van der Waals surface area contributed by atoms with Gasteiger partial charge in [-0.15, -0.1) is 11.8 Å². The van der Waals surface area contributed by atoms with Crippen LogP contribution in [0.15, 0.2) is 53.4 Å². The third-order valence-corrected chi connectivity index (χ3v) is 5.49. The number of rotatable bonds is 6. The first-order chi connectivity index (χ1) is 13.7. The van der Waals surface area contributed by atoms with E-state index in [-0.39, 0.29) is 18.4 Å². The van der Waals surface area contributed by atoms with Crippen molar-refractivity contribution in [1.29, 1.82) is 0 Å². The second kappa shape index (κ2) is 10.2. The first-order valence-corrected chi connectivity index (χ1v) is 10.8. The SMILES string of the molecule is CSc1cccc(NC(=O)c2ccccc2OCC(=O)N2CCCCCC2)c1. The van der Waals surface area contributed by atoms with Crippen molar-refractivity contribution < 1.29 is 14.3 Å². The van der Waals surface area contributed by atoms with Crippen LogP contribution in [0.25, 0.3) is 0 Å². The number of thioether (sulfide) groups is 1. The van der Waals surface area contributed by atoms with E-state index < -0.39 is 0 Å². The van der Waals surface area contributed by atoms with Crippen molar-refractivity contribution in [3.63, 3.8) is 0 Å². The molecule has 0 radical (unpaired) electrons. The maximum absolute atomic E-state index is 12.7. The maximum Gasteiger partial charge on any atom is 0.260 e. The van der Waals surface area contributed by atoms with E-state index in [1.807, 2.05) is 35.4 Å². The fourth-order valence-corrected chi connectivity index (χ4v) is 3.69. The Hall–Kier alpha value is -2.47. The van der Waals surface area contributed by atoms with Crippen molar-refractivity contribution in [2.45, 2.75) is 30.6 Å². The molecule has 0 unspecified atom stereocenters. The lowest BCUT2D eigenvalue weighted by Gasteiger charge is -2.20. The molecule has 0 aromatic heterocycles. The summed E-state index contributed by atoms with van der Waals surface area (Å²) < 4.78 is 5.74. The van der Waals surface area contributed by atoms with Crippen molar-refractivity contribution in [3.05, 3.63) is 54.1 Å². The predicted octanol–water partition coefficient (Wildman–Crippen LogP) is 4.44. The van der Waals surface area contributed by atoms with Gasteiger partial charge in [-0.2, -0.15) is 0 Å². The number of carbonyl (C=O) groups excluding carboxylic acids is 2. The minimum Gasteiger partial charge on any atom is -0.483 e. The highest BCUT2D eigenvalue weighted by molar-refractivity contribution is 7.98. The Morgan fingerprint density at radius 2 is 1.79 bits per heavy atom. The molecule has 0 aliphatic carbocycles. The Morgan fingerprint density at radius 1 is 1.04 bits per heavy atom. The van der Waals surface area contributed by atoms with Gasteiger partial charge in [-0.1, -0.05) is 31.0 Å². The summed E-state index contributed by atoms with van der Waals surface area (Å²) in [5.41, 5.74) is 1.15. The van der Waals surface area contributed by atoms with Crippen molar-refractivity contribution >= 4 is 29.3 Å². The normalized spacial score (nSPS) is 14.2. The van der Waals surface area contributed by atoms with Gasteiger partial charge in [0.05, 0.1) is 5.56 Å². The molecule has 1 fully saturated rings. The van der Waals surface area contributed by atoms with Crippen LogP contribution in [0.1, 0.15) is 36.0 Å². The summed E-state index contributed by atoms with van der Waals surface area (Å²) in [7, 11) is 0. The molecule has 3 rings (SSSR count). The second-order valence-electron chi connectivity index (χ2n) is 6.77. The Kier molecular flexibility index (Phi) is 7.37. The summed E-state index contributed by atoms with van der Waals surface area (Å²) in [5, 5.41) is 2.90. The van der Waals surface area contributed by atoms with Crippen molar-refractivity contribution in [2.75, 3.05) is 31.3 Å². The number of likely N-dealkylation sites (tertiary alicyclic amines) is 1. The Bertz CT molecular complexity index is 817. The number of anilines is 1. The van der Waals surface area contributed by atoms with E-state index in [1.54, 1.807) is 36.0 Å². The zero-order valence-corrected chi connectivity index (χ0v) is 17.0. The lowest BCUT2D eigenvalue weighted by Crippen LogP contribution is -2.35. The molecule has 0 bridgehead atoms. The molecule has 0 saturated carbocycles. The quantitative estimate of drug-likeness (QED) is 0.731. The van der Waals surface area contributed by atoms with Gasteiger partial charge in [0.1, 0.15) is 5.75 Å². The highest BCUT2D eigenvalue weighted by Gasteiger charge is 2.18. The first-order valence-electron chi connectivity index (χ1n) is 9.62. The van der Waals surface area contributed by atoms with Crippen LogP contribution in [-0.2, 0) is 4.79 Å². The topological polar surface area (TPSA) is 58.6 Å². The molecular formula is C22H26N2O3S. The summed E-state index contributed by atoms with van der Waals surface area (Å²) >= 11 is 1.62. The summed E-state index contributed by atoms with van der Waals surface area (Å²) in [6, 6.07) is 14.7. The summed E-state index contributed by atoms with van der Waals surface area (Å²) in [6.45, 7) is 1.53. The number of hydrogen-bond acceptors (Lipinski definition) is 4. The zero-order valence-electron chi connectivity index (χ0n) is 16.1. The Morgan fingerprint density at radius 3 is 2.54 bits per heavy atom. The fourth-order valence-electron chi connectivity index (χ4n) is 3.23. The van der Waals surface area contributed by atoms with Crippen LogP contribution in [-0.4, -0.2) is 42.7 Å². The van der Waals surface area contributed by atoms with Gasteiger partial charge < -0.3 is 15.0 Å². The maximum atomic E-state index is 12.7. The van der Waals surface area contributed by atoms with E-state index >= 15 is 0 Å². The van der Waals surface area contributed by atoms with Gasteiger partial charge >= 0.3 is 0 Å². The monoisotopic (exact) mass is 398 g/mol. The average Bonchev–Trinajstić information content (AvgIpc) is 3.02. The van der Waals surface area contributed by atoms with Gasteiger partial charge in [0.2, 0.25) is 0 Å². The Labute approximate surface area is 170 Å². The van der Waals surface area contributed by atoms with Crippen LogP contribution >= 0.6 is 11.8 Å². The third-order valence-electron chi connectivity index (χ3n) is 4.77. The van der Waals surface area contributed by atoms with Crippen molar-refractivity contribution in [1.82, 2.24) is 4.90 Å². The predicted molar refractivity (Wildman–Crippen MR) is 113 cm³/mol. The second-order valence-corrected chi connectivity index (χ2v) is 7.65. The van der Waals surface area contributed by atoms with Crippen LogP contribution < -0.4 is 10.1 Å². The van der Waals surface area contributed by atoms with Gasteiger partial charge in [0.25, 0.3) is 11.8 Å². The molecule has 6 heteroatoms. The molecule has 0 spiro atoms. The lowest BCUT2D eigenvalue weighted by atomic mass is 10.2. The van der Waals surface area contributed by atoms with Gasteiger partial charge in [-0.3, -0.25) is 9.59 Å². The number of para-hydroxylation sites is 1. The summed E-state index contributed by atoms with van der Waals surface area (Å²) in [4.78, 5) is 28.1. The van der Waals surface area contributed by atoms with Crippen LogP contribution in [0.3, 0.4) is 0 Å². The van der Waals surface area contributed by atoms with Crippen molar-refractivity contribution in [3.8, 4) is 5.75 Å². The third kappa shape index (κ3) is 5.52. The van der Waals surface area contributed by atoms with Gasteiger partial charge in [0, 0.05) is 23.7 Å². The molecule has 2 amide bonds. The lowest BCUT2D eigenvalue weighted by molar-refractivity contribution is -0.133. The fraction of sp³-hybridized carbons (Fsp3) is 0.364. The minimum atomic E-state index is -0.254. The number of amides is 2. The molecule has 0 atom stereocenters.